The summed E-state index contributed by atoms with van der Waals surface area (Å²) in [6, 6.07) is 6.43. The van der Waals surface area contributed by atoms with Gasteiger partial charge in [0.25, 0.3) is 11.8 Å². The van der Waals surface area contributed by atoms with Crippen LogP contribution in [-0.2, 0) is 6.42 Å². The minimum absolute atomic E-state index is 0.0433. The van der Waals surface area contributed by atoms with E-state index in [0.29, 0.717) is 18.1 Å². The Morgan fingerprint density at radius 1 is 1.11 bits per heavy atom. The summed E-state index contributed by atoms with van der Waals surface area (Å²) in [6.45, 7) is 8.75. The molecule has 1 aromatic carbocycles. The first-order valence-electron chi connectivity index (χ1n) is 15.8. The van der Waals surface area contributed by atoms with E-state index in [1.165, 1.54) is 24.0 Å². The Bertz CT molecular complexity index is 1550. The predicted octanol–water partition coefficient (Wildman–Crippen LogP) is 5.39. The molecular weight excluding hydrogens is 599 g/mol. The van der Waals surface area contributed by atoms with Crippen LogP contribution in [0, 0.1) is 11.2 Å². The molecule has 2 aliphatic carbocycles. The van der Waals surface area contributed by atoms with Crippen LogP contribution in [0.1, 0.15) is 74.1 Å². The van der Waals surface area contributed by atoms with E-state index in [0.717, 1.165) is 56.4 Å². The van der Waals surface area contributed by atoms with E-state index in [9.17, 15) is 18.0 Å². The predicted molar refractivity (Wildman–Crippen MR) is 165 cm³/mol. The average molecular weight is 640 g/mol. The van der Waals surface area contributed by atoms with Crippen LogP contribution < -0.4 is 19.7 Å². The van der Waals surface area contributed by atoms with Gasteiger partial charge >= 0.3 is 0 Å². The van der Waals surface area contributed by atoms with Gasteiger partial charge in [0.15, 0.2) is 12.1 Å². The summed E-state index contributed by atoms with van der Waals surface area (Å²) < 4.78 is 50.5. The normalized spacial score (nSPS) is 22.6. The molecule has 10 nitrogen and oxygen atoms in total. The van der Waals surface area contributed by atoms with Gasteiger partial charge in [-0.3, -0.25) is 9.78 Å². The van der Waals surface area contributed by atoms with Gasteiger partial charge in [-0.25, -0.2) is 18.2 Å². The van der Waals surface area contributed by atoms with Crippen molar-refractivity contribution in [2.45, 2.75) is 83.0 Å². The summed E-state index contributed by atoms with van der Waals surface area (Å²) >= 11 is 0. The van der Waals surface area contributed by atoms with Gasteiger partial charge in [0, 0.05) is 74.2 Å². The number of anilines is 1. The molecule has 7 rings (SSSR count). The molecule has 246 valence electrons. The average Bonchev–Trinajstić information content (AvgIpc) is 2.97. The highest BCUT2D eigenvalue weighted by Gasteiger charge is 2.54. The number of pyridine rings is 1. The number of carbonyl (C=O) groups excluding carboxylic acids is 1. The number of hydrogen-bond acceptors (Lipinski definition) is 10. The molecule has 1 atom stereocenters. The quantitative estimate of drug-likeness (QED) is 0.323. The summed E-state index contributed by atoms with van der Waals surface area (Å²) in [4.78, 5) is 24.3. The highest BCUT2D eigenvalue weighted by Crippen LogP contribution is 2.52. The summed E-state index contributed by atoms with van der Waals surface area (Å²) in [5.74, 6) is -1.00. The van der Waals surface area contributed by atoms with Crippen LogP contribution in [0.4, 0.5) is 19.0 Å². The lowest BCUT2D eigenvalue weighted by Crippen LogP contribution is -2.65. The number of rotatable bonds is 8. The van der Waals surface area contributed by atoms with Crippen molar-refractivity contribution >= 4 is 12.1 Å². The number of nitrogens with zero attached hydrogens (tertiary/aromatic N) is 6. The van der Waals surface area contributed by atoms with Crippen LogP contribution in [0.5, 0.6) is 17.4 Å². The number of alkyl halides is 2. The van der Waals surface area contributed by atoms with Crippen molar-refractivity contribution in [2.24, 2.45) is 5.41 Å². The molecule has 1 spiro atoms. The number of benzene rings is 1. The fourth-order valence-corrected chi connectivity index (χ4v) is 6.80. The number of aldehydes is 1. The van der Waals surface area contributed by atoms with E-state index in [-0.39, 0.29) is 53.6 Å². The Morgan fingerprint density at radius 3 is 2.57 bits per heavy atom. The van der Waals surface area contributed by atoms with Gasteiger partial charge in [-0.1, -0.05) is 0 Å². The first-order chi connectivity index (χ1) is 22.0. The fraction of sp³-hybridized carbons (Fsp3) is 0.545. The maximum atomic E-state index is 13.5. The maximum Gasteiger partial charge on any atom is 0.282 e. The molecule has 46 heavy (non-hydrogen) atoms. The van der Waals surface area contributed by atoms with Crippen LogP contribution in [0.15, 0.2) is 36.8 Å². The lowest BCUT2D eigenvalue weighted by molar-refractivity contribution is -0.124. The van der Waals surface area contributed by atoms with Gasteiger partial charge < -0.3 is 24.6 Å². The monoisotopic (exact) mass is 639 g/mol. The lowest BCUT2D eigenvalue weighted by atomic mass is 9.61. The zero-order valence-electron chi connectivity index (χ0n) is 26.5. The third-order valence-corrected chi connectivity index (χ3v) is 9.58. The van der Waals surface area contributed by atoms with Crippen molar-refractivity contribution in [1.82, 2.24) is 30.4 Å². The summed E-state index contributed by atoms with van der Waals surface area (Å²) in [5, 5.41) is 11.4. The van der Waals surface area contributed by atoms with Crippen LogP contribution in [-0.4, -0.2) is 82.1 Å². The largest absolute Gasteiger partial charge is 0.490 e. The van der Waals surface area contributed by atoms with Crippen LogP contribution in [0.3, 0.4) is 0 Å². The molecule has 2 aromatic heterocycles. The molecule has 4 aliphatic rings. The molecule has 3 fully saturated rings. The first-order valence-corrected chi connectivity index (χ1v) is 15.8. The molecule has 1 unspecified atom stereocenters. The molecule has 13 heteroatoms. The molecular formula is C33H40F3N7O3. The van der Waals surface area contributed by atoms with Crippen molar-refractivity contribution in [3.63, 3.8) is 0 Å². The Balaban J connectivity index is 0.000000288. The van der Waals surface area contributed by atoms with Crippen molar-refractivity contribution < 1.29 is 27.4 Å². The van der Waals surface area contributed by atoms with Gasteiger partial charge in [-0.2, -0.15) is 0 Å². The zero-order chi connectivity index (χ0) is 32.6. The third kappa shape index (κ3) is 6.66. The minimum atomic E-state index is -2.38. The highest BCUT2D eigenvalue weighted by molar-refractivity contribution is 5.79. The van der Waals surface area contributed by atoms with E-state index >= 15 is 0 Å². The van der Waals surface area contributed by atoms with Gasteiger partial charge in [0.1, 0.15) is 29.7 Å². The number of aromatic nitrogens is 4. The molecule has 2 aliphatic heterocycles. The van der Waals surface area contributed by atoms with Crippen molar-refractivity contribution in [3.8, 4) is 17.4 Å². The van der Waals surface area contributed by atoms with E-state index < -0.39 is 11.7 Å². The van der Waals surface area contributed by atoms with Gasteiger partial charge in [-0.05, 0) is 64.9 Å². The Hall–Kier alpha value is -3.84. The molecule has 4 heterocycles. The molecule has 0 radical (unpaired) electrons. The number of hydrogen-bond donors (Lipinski definition) is 1. The molecule has 1 N–H and O–H groups in total. The first kappa shape index (κ1) is 32.1. The molecule has 1 saturated heterocycles. The number of ether oxygens (including phenoxy) is 2. The molecule has 3 aromatic rings. The molecule has 2 saturated carbocycles. The van der Waals surface area contributed by atoms with Gasteiger partial charge in [0.05, 0.1) is 11.3 Å². The smallest absolute Gasteiger partial charge is 0.282 e. The van der Waals surface area contributed by atoms with Crippen molar-refractivity contribution in [2.75, 3.05) is 31.6 Å². The number of halogens is 3. The Morgan fingerprint density at radius 2 is 1.87 bits per heavy atom. The molecule has 0 bridgehead atoms. The van der Waals surface area contributed by atoms with Gasteiger partial charge in [0.2, 0.25) is 0 Å². The SMILES string of the molecule is CC(C)N(C)C1CC(F)(F)C1.CC1NCCc2nccc(OC3CC4(C3)CN(c3ncnnc3Oc3ccc(F)cc3C=O)C4)c21. The van der Waals surface area contributed by atoms with Gasteiger partial charge in [-0.15, -0.1) is 10.2 Å². The maximum absolute atomic E-state index is 13.5. The van der Waals surface area contributed by atoms with E-state index in [4.69, 9.17) is 9.47 Å². The Labute approximate surface area is 266 Å². The standard InChI is InChI=1S/C25H25FN6O3.C8H15F2N/c1-15-22-19(4-6-27-15)28-7-5-21(22)34-18-9-25(10-18)12-32(13-25)23-24(31-30-14-29-23)35-20-3-2-17(26)8-16(20)11-33;1-6(2)11(3)7-4-8(9,10)5-7/h2-3,5,7-8,11,14-15,18,27H,4,6,9-10,12-13H2,1H3;6-7H,4-5H2,1-3H3. The topological polar surface area (TPSA) is 106 Å². The minimum Gasteiger partial charge on any atom is -0.490 e. The van der Waals surface area contributed by atoms with E-state index in [1.807, 2.05) is 38.1 Å². The van der Waals surface area contributed by atoms with Crippen molar-refractivity contribution in [1.29, 1.82) is 0 Å². The third-order valence-electron chi connectivity index (χ3n) is 9.58. The van der Waals surface area contributed by atoms with Crippen LogP contribution in [0.25, 0.3) is 0 Å². The van der Waals surface area contributed by atoms with Crippen LogP contribution in [0.2, 0.25) is 0 Å². The fourth-order valence-electron chi connectivity index (χ4n) is 6.80. The highest BCUT2D eigenvalue weighted by atomic mass is 19.3. The molecule has 0 amide bonds. The second-order valence-corrected chi connectivity index (χ2v) is 13.3. The second-order valence-electron chi connectivity index (χ2n) is 13.3. The summed E-state index contributed by atoms with van der Waals surface area (Å²) in [7, 11) is 1.91. The summed E-state index contributed by atoms with van der Waals surface area (Å²) in [5.41, 5.74) is 2.58. The Kier molecular flexibility index (Phi) is 8.90. The summed E-state index contributed by atoms with van der Waals surface area (Å²) in [6.07, 6.45) is 6.86. The zero-order valence-corrected chi connectivity index (χ0v) is 26.5. The number of nitrogens with one attached hydrogen (secondary N) is 1. The van der Waals surface area contributed by atoms with Crippen molar-refractivity contribution in [3.05, 3.63) is 59.4 Å². The van der Waals surface area contributed by atoms with E-state index in [2.05, 4.69) is 37.3 Å². The number of carbonyl (C=O) groups is 1. The second kappa shape index (κ2) is 12.7. The lowest BCUT2D eigenvalue weighted by Gasteiger charge is -2.58. The van der Waals surface area contributed by atoms with Crippen LogP contribution >= 0.6 is 0 Å². The number of fused-ring (bicyclic) bond motifs is 1. The van der Waals surface area contributed by atoms with E-state index in [1.54, 1.807) is 0 Å².